The Morgan fingerprint density at radius 2 is 2.07 bits per heavy atom. The Kier molecular flexibility index (Phi) is 1.41. The van der Waals surface area contributed by atoms with E-state index in [0.29, 0.717) is 6.42 Å². The van der Waals surface area contributed by atoms with Crippen molar-refractivity contribution in [3.63, 3.8) is 0 Å². The molecule has 0 aromatic heterocycles. The third-order valence-electron chi connectivity index (χ3n) is 3.66. The first-order valence-corrected chi connectivity index (χ1v) is 4.81. The maximum atomic E-state index is 11.0. The molecule has 0 aromatic carbocycles. The maximum absolute atomic E-state index is 11.0. The number of carbonyl (C=O) groups excluding carboxylic acids is 1. The van der Waals surface area contributed by atoms with Gasteiger partial charge in [0, 0.05) is 12.3 Å². The van der Waals surface area contributed by atoms with E-state index in [1.807, 2.05) is 6.92 Å². The van der Waals surface area contributed by atoms with Crippen molar-refractivity contribution in [3.05, 3.63) is 0 Å². The minimum Gasteiger partial charge on any atom is -0.457 e. The van der Waals surface area contributed by atoms with E-state index < -0.39 is 36.0 Å². The lowest BCUT2D eigenvalue weighted by atomic mass is 9.96. The van der Waals surface area contributed by atoms with E-state index in [0.717, 1.165) is 0 Å². The van der Waals surface area contributed by atoms with Gasteiger partial charge in [0.1, 0.15) is 17.8 Å². The highest BCUT2D eigenvalue weighted by molar-refractivity contribution is 5.78. The molecule has 0 radical (unpaired) electrons. The van der Waals surface area contributed by atoms with E-state index in [1.165, 1.54) is 0 Å². The van der Waals surface area contributed by atoms with Gasteiger partial charge in [-0.05, 0) is 0 Å². The van der Waals surface area contributed by atoms with E-state index in [1.54, 1.807) is 0 Å². The zero-order chi connectivity index (χ0) is 10.1. The Morgan fingerprint density at radius 3 is 2.57 bits per heavy atom. The summed E-state index contributed by atoms with van der Waals surface area (Å²) in [5.74, 6) is -0.652. The Labute approximate surface area is 80.6 Å². The summed E-state index contributed by atoms with van der Waals surface area (Å²) >= 11 is 0. The Balaban J connectivity index is 1.89. The summed E-state index contributed by atoms with van der Waals surface area (Å²) in [6.45, 7) is 1.88. The van der Waals surface area contributed by atoms with Crippen LogP contribution in [-0.2, 0) is 14.3 Å². The minimum atomic E-state index is -1.19. The minimum absolute atomic E-state index is 0.0383. The predicted molar refractivity (Wildman–Crippen MR) is 43.3 cm³/mol. The molecule has 6 atom stereocenters. The van der Waals surface area contributed by atoms with Crippen molar-refractivity contribution < 1.29 is 24.5 Å². The van der Waals surface area contributed by atoms with Crippen molar-refractivity contribution in [2.24, 2.45) is 5.92 Å². The van der Waals surface area contributed by atoms with Gasteiger partial charge in [-0.1, -0.05) is 6.92 Å². The monoisotopic (exact) mass is 200 g/mol. The van der Waals surface area contributed by atoms with Gasteiger partial charge in [-0.15, -0.1) is 0 Å². The standard InChI is InChI=1S/C9H12O5/c1-3-6-7(5(11)8(12)13-6)14-9(3)2-4(9)10/h3-7,10-11H,2H2,1H3/t3?,4?,5-,6?,7+,9?/m0/s1. The van der Waals surface area contributed by atoms with Crippen LogP contribution >= 0.6 is 0 Å². The van der Waals surface area contributed by atoms with Crippen molar-refractivity contribution in [3.8, 4) is 0 Å². The van der Waals surface area contributed by atoms with E-state index in [-0.39, 0.29) is 5.92 Å². The molecule has 5 nitrogen and oxygen atoms in total. The lowest BCUT2D eigenvalue weighted by Crippen LogP contribution is -2.30. The number of hydrogen-bond acceptors (Lipinski definition) is 5. The summed E-state index contributed by atoms with van der Waals surface area (Å²) in [6, 6.07) is 0. The average molecular weight is 200 g/mol. The van der Waals surface area contributed by atoms with Crippen molar-refractivity contribution in [2.75, 3.05) is 0 Å². The van der Waals surface area contributed by atoms with E-state index in [2.05, 4.69) is 0 Å². The van der Waals surface area contributed by atoms with E-state index in [9.17, 15) is 15.0 Å². The number of fused-ring (bicyclic) bond motifs is 1. The van der Waals surface area contributed by atoms with Crippen LogP contribution in [0.1, 0.15) is 13.3 Å². The second-order valence-electron chi connectivity index (χ2n) is 4.39. The van der Waals surface area contributed by atoms with Gasteiger partial charge in [0.2, 0.25) is 0 Å². The number of carbonyl (C=O) groups is 1. The molecule has 0 bridgehead atoms. The van der Waals surface area contributed by atoms with Gasteiger partial charge in [0.25, 0.3) is 0 Å². The van der Waals surface area contributed by atoms with Crippen molar-refractivity contribution >= 4 is 5.97 Å². The largest absolute Gasteiger partial charge is 0.457 e. The topological polar surface area (TPSA) is 76.0 Å². The third-order valence-corrected chi connectivity index (χ3v) is 3.66. The third kappa shape index (κ3) is 0.785. The molecule has 0 aromatic rings. The predicted octanol–water partition coefficient (Wildman–Crippen LogP) is -1.19. The second kappa shape index (κ2) is 2.29. The van der Waals surface area contributed by atoms with Crippen LogP contribution in [0.25, 0.3) is 0 Å². The van der Waals surface area contributed by atoms with Crippen LogP contribution < -0.4 is 0 Å². The first kappa shape index (κ1) is 8.64. The van der Waals surface area contributed by atoms with Crippen LogP contribution in [0.5, 0.6) is 0 Å². The van der Waals surface area contributed by atoms with Crippen molar-refractivity contribution in [1.82, 2.24) is 0 Å². The van der Waals surface area contributed by atoms with Crippen molar-refractivity contribution in [1.29, 1.82) is 0 Å². The summed E-state index contributed by atoms with van der Waals surface area (Å²) in [5, 5.41) is 18.9. The average Bonchev–Trinajstić information content (AvgIpc) is 2.61. The molecule has 78 valence electrons. The lowest BCUT2D eigenvalue weighted by molar-refractivity contribution is -0.151. The number of rotatable bonds is 0. The zero-order valence-corrected chi connectivity index (χ0v) is 7.71. The summed E-state index contributed by atoms with van der Waals surface area (Å²) in [6.07, 6.45) is -2.07. The zero-order valence-electron chi connectivity index (χ0n) is 7.71. The van der Waals surface area contributed by atoms with Gasteiger partial charge in [0.05, 0.1) is 6.10 Å². The fraction of sp³-hybridized carbons (Fsp3) is 0.889. The molecule has 1 aliphatic carbocycles. The Hall–Kier alpha value is -0.650. The highest BCUT2D eigenvalue weighted by Crippen LogP contribution is 2.56. The Morgan fingerprint density at radius 1 is 1.43 bits per heavy atom. The van der Waals surface area contributed by atoms with Gasteiger partial charge < -0.3 is 19.7 Å². The number of ether oxygens (including phenoxy) is 2. The van der Waals surface area contributed by atoms with Crippen LogP contribution in [0, 0.1) is 5.92 Å². The lowest BCUT2D eigenvalue weighted by Gasteiger charge is -2.16. The number of aliphatic hydroxyl groups excluding tert-OH is 2. The number of esters is 1. The molecule has 2 saturated heterocycles. The summed E-state index contributed by atoms with van der Waals surface area (Å²) in [7, 11) is 0. The fourth-order valence-electron chi connectivity index (χ4n) is 2.60. The van der Waals surface area contributed by atoms with Gasteiger partial charge in [-0.3, -0.25) is 0 Å². The number of aliphatic hydroxyl groups is 2. The molecule has 5 heteroatoms. The summed E-state index contributed by atoms with van der Waals surface area (Å²) in [5.41, 5.74) is -0.559. The molecule has 2 heterocycles. The maximum Gasteiger partial charge on any atom is 0.338 e. The fourth-order valence-corrected chi connectivity index (χ4v) is 2.60. The molecular weight excluding hydrogens is 188 g/mol. The van der Waals surface area contributed by atoms with Crippen LogP contribution in [0.4, 0.5) is 0 Å². The number of hydrogen-bond donors (Lipinski definition) is 2. The normalized spacial score (nSPS) is 60.2. The van der Waals surface area contributed by atoms with Crippen LogP contribution in [0.15, 0.2) is 0 Å². The molecule has 14 heavy (non-hydrogen) atoms. The van der Waals surface area contributed by atoms with E-state index in [4.69, 9.17) is 9.47 Å². The summed E-state index contributed by atoms with van der Waals surface area (Å²) < 4.78 is 10.6. The van der Waals surface area contributed by atoms with Gasteiger partial charge in [0.15, 0.2) is 6.10 Å². The van der Waals surface area contributed by atoms with Crippen LogP contribution in [0.2, 0.25) is 0 Å². The first-order chi connectivity index (χ1) is 6.56. The van der Waals surface area contributed by atoms with Gasteiger partial charge >= 0.3 is 5.97 Å². The molecule has 3 aliphatic rings. The molecule has 1 spiro atoms. The highest BCUT2D eigenvalue weighted by Gasteiger charge is 2.71. The first-order valence-electron chi connectivity index (χ1n) is 4.81. The molecule has 2 aliphatic heterocycles. The van der Waals surface area contributed by atoms with Gasteiger partial charge in [-0.25, -0.2) is 4.79 Å². The molecule has 0 amide bonds. The van der Waals surface area contributed by atoms with Crippen LogP contribution in [-0.4, -0.2) is 46.2 Å². The molecule has 2 N–H and O–H groups in total. The van der Waals surface area contributed by atoms with E-state index >= 15 is 0 Å². The summed E-state index contributed by atoms with van der Waals surface area (Å²) in [4.78, 5) is 11.0. The molecule has 1 saturated carbocycles. The van der Waals surface area contributed by atoms with Gasteiger partial charge in [-0.2, -0.15) is 0 Å². The molecule has 3 fully saturated rings. The molecule has 4 unspecified atom stereocenters. The smallest absolute Gasteiger partial charge is 0.338 e. The molecular formula is C9H12O5. The van der Waals surface area contributed by atoms with Crippen molar-refractivity contribution in [2.45, 2.75) is 43.4 Å². The SMILES string of the molecule is CC1C2OC(=O)[C@@H](O)[C@H]2OC12CC2O. The quantitative estimate of drug-likeness (QED) is 0.481. The highest BCUT2D eigenvalue weighted by atomic mass is 16.6. The molecule has 3 rings (SSSR count). The Bertz CT molecular complexity index is 304. The second-order valence-corrected chi connectivity index (χ2v) is 4.39. The van der Waals surface area contributed by atoms with Crippen LogP contribution in [0.3, 0.4) is 0 Å².